The zero-order valence-corrected chi connectivity index (χ0v) is 23.8. The number of fused-ring (bicyclic) bond motifs is 4. The molecule has 0 unspecified atom stereocenters. The fourth-order valence-corrected chi connectivity index (χ4v) is 6.29. The van der Waals surface area contributed by atoms with Gasteiger partial charge in [-0.15, -0.1) is 0 Å². The first-order valence-electron chi connectivity index (χ1n) is 14.4. The predicted molar refractivity (Wildman–Crippen MR) is 157 cm³/mol. The lowest BCUT2D eigenvalue weighted by Gasteiger charge is -2.42. The lowest BCUT2D eigenvalue weighted by atomic mass is 9.83. The average molecular weight is 584 g/mol. The van der Waals surface area contributed by atoms with Crippen LogP contribution < -0.4 is 15.7 Å². The summed E-state index contributed by atoms with van der Waals surface area (Å²) >= 11 is 0. The second-order valence-electron chi connectivity index (χ2n) is 11.2. The zero-order valence-electron chi connectivity index (χ0n) is 23.8. The third-order valence-corrected chi connectivity index (χ3v) is 8.22. The number of aromatic nitrogens is 2. The topological polar surface area (TPSA) is 124 Å². The molecule has 5 heterocycles. The number of ether oxygens (including phenoxy) is 2. The van der Waals surface area contributed by atoms with Gasteiger partial charge >= 0.3 is 5.97 Å². The van der Waals surface area contributed by atoms with Gasteiger partial charge in [0.15, 0.2) is 5.76 Å². The number of piperidine rings is 1. The molecule has 3 atom stereocenters. The number of benzene rings is 1. The number of carbonyl (C=O) groups is 1. The Morgan fingerprint density at radius 1 is 1.07 bits per heavy atom. The second kappa shape index (κ2) is 12.3. The van der Waals surface area contributed by atoms with E-state index in [0.29, 0.717) is 42.6 Å². The van der Waals surface area contributed by atoms with Crippen molar-refractivity contribution in [2.75, 3.05) is 20.2 Å². The summed E-state index contributed by atoms with van der Waals surface area (Å²) in [7, 11) is 1.29. The SMILES string of the molecule is COC(=O)C[C@@H](c1cccc(OCc2ccccn2)c1)c1oc(CN2C[C@H]3C[C@@H](C2)c2cccc(=O)n2C3)cc(=O)c1O. The maximum absolute atomic E-state index is 13.0. The van der Waals surface area contributed by atoms with Crippen molar-refractivity contribution >= 4 is 5.97 Å². The van der Waals surface area contributed by atoms with Crippen LogP contribution in [0.1, 0.15) is 53.1 Å². The van der Waals surface area contributed by atoms with E-state index >= 15 is 0 Å². The Balaban J connectivity index is 1.27. The minimum atomic E-state index is -0.794. The molecule has 10 nitrogen and oxygen atoms in total. The number of methoxy groups -OCH3 is 1. The van der Waals surface area contributed by atoms with Crippen LogP contribution in [-0.2, 0) is 29.2 Å². The largest absolute Gasteiger partial charge is 0.502 e. The minimum Gasteiger partial charge on any atom is -0.502 e. The molecule has 2 bridgehead atoms. The molecule has 1 N–H and O–H groups in total. The quantitative estimate of drug-likeness (QED) is 0.293. The lowest BCUT2D eigenvalue weighted by molar-refractivity contribution is -0.140. The molecular formula is C33H33N3O7. The molecule has 1 aromatic carbocycles. The molecule has 10 heteroatoms. The van der Waals surface area contributed by atoms with Gasteiger partial charge in [-0.05, 0) is 48.2 Å². The molecule has 0 saturated carbocycles. The first-order chi connectivity index (χ1) is 20.9. The Labute approximate surface area is 248 Å². The average Bonchev–Trinajstić information content (AvgIpc) is 3.02. The third-order valence-electron chi connectivity index (χ3n) is 8.22. The van der Waals surface area contributed by atoms with E-state index in [1.165, 1.54) is 13.2 Å². The van der Waals surface area contributed by atoms with Crippen LogP contribution >= 0.6 is 0 Å². The molecule has 2 aliphatic heterocycles. The Morgan fingerprint density at radius 2 is 1.93 bits per heavy atom. The van der Waals surface area contributed by atoms with Gasteiger partial charge in [-0.3, -0.25) is 24.3 Å². The first-order valence-corrected chi connectivity index (χ1v) is 14.4. The molecule has 0 radical (unpaired) electrons. The molecule has 3 aromatic heterocycles. The summed E-state index contributed by atoms with van der Waals surface area (Å²) in [5.74, 6) is -0.421. The summed E-state index contributed by atoms with van der Waals surface area (Å²) < 4.78 is 19.0. The van der Waals surface area contributed by atoms with Crippen LogP contribution in [0.25, 0.3) is 0 Å². The Kier molecular flexibility index (Phi) is 8.11. The van der Waals surface area contributed by atoms with E-state index in [1.54, 1.807) is 42.6 Å². The molecule has 0 spiro atoms. The minimum absolute atomic E-state index is 0.00359. The highest BCUT2D eigenvalue weighted by Crippen LogP contribution is 2.37. The van der Waals surface area contributed by atoms with E-state index in [1.807, 2.05) is 28.8 Å². The maximum Gasteiger partial charge on any atom is 0.306 e. The second-order valence-corrected chi connectivity index (χ2v) is 11.2. The van der Waals surface area contributed by atoms with Crippen LogP contribution in [0.4, 0.5) is 0 Å². The number of rotatable bonds is 9. The highest BCUT2D eigenvalue weighted by atomic mass is 16.5. The van der Waals surface area contributed by atoms with Gasteiger partial charge < -0.3 is 23.6 Å². The first kappa shape index (κ1) is 28.4. The van der Waals surface area contributed by atoms with E-state index in [2.05, 4.69) is 9.88 Å². The van der Waals surface area contributed by atoms with Crippen molar-refractivity contribution in [2.45, 2.75) is 44.4 Å². The fraction of sp³-hybridized carbons (Fsp3) is 0.333. The number of hydrogen-bond donors (Lipinski definition) is 1. The monoisotopic (exact) mass is 583 g/mol. The van der Waals surface area contributed by atoms with Crippen LogP contribution in [0.3, 0.4) is 0 Å². The summed E-state index contributed by atoms with van der Waals surface area (Å²) in [4.78, 5) is 44.4. The van der Waals surface area contributed by atoms with Crippen LogP contribution in [-0.4, -0.2) is 45.7 Å². The van der Waals surface area contributed by atoms with Crippen molar-refractivity contribution < 1.29 is 23.8 Å². The van der Waals surface area contributed by atoms with Crippen LogP contribution in [0.2, 0.25) is 0 Å². The summed E-state index contributed by atoms with van der Waals surface area (Å²) in [6.07, 6.45) is 2.54. The van der Waals surface area contributed by atoms with Crippen molar-refractivity contribution in [1.29, 1.82) is 0 Å². The molecule has 1 saturated heterocycles. The van der Waals surface area contributed by atoms with Crippen molar-refractivity contribution in [3.63, 3.8) is 0 Å². The molecule has 2 aliphatic rings. The van der Waals surface area contributed by atoms with Crippen molar-refractivity contribution in [1.82, 2.24) is 14.5 Å². The normalized spacial score (nSPS) is 18.4. The van der Waals surface area contributed by atoms with Gasteiger partial charge in [0.1, 0.15) is 18.1 Å². The molecule has 1 fully saturated rings. The zero-order chi connectivity index (χ0) is 29.9. The Morgan fingerprint density at radius 3 is 2.74 bits per heavy atom. The molecule has 0 amide bonds. The smallest absolute Gasteiger partial charge is 0.306 e. The van der Waals surface area contributed by atoms with Crippen LogP contribution in [0.15, 0.2) is 86.9 Å². The Bertz CT molecular complexity index is 1730. The van der Waals surface area contributed by atoms with E-state index in [9.17, 15) is 19.5 Å². The van der Waals surface area contributed by atoms with E-state index < -0.39 is 23.1 Å². The summed E-state index contributed by atoms with van der Waals surface area (Å²) in [6, 6.07) is 19.4. The van der Waals surface area contributed by atoms with Crippen LogP contribution in [0, 0.1) is 5.92 Å². The van der Waals surface area contributed by atoms with Crippen molar-refractivity contribution in [2.24, 2.45) is 5.92 Å². The molecule has 6 rings (SSSR count). The molecule has 43 heavy (non-hydrogen) atoms. The van der Waals surface area contributed by atoms with Gasteiger partial charge in [0.2, 0.25) is 11.2 Å². The van der Waals surface area contributed by atoms with Crippen molar-refractivity contribution in [3.8, 4) is 11.5 Å². The summed E-state index contributed by atoms with van der Waals surface area (Å²) in [5.41, 5.74) is 1.85. The molecular weight excluding hydrogens is 550 g/mol. The standard InChI is InChI=1S/C33H33N3O7/c1-41-31(39)15-27(22-6-4-8-25(13-22)42-20-24-7-2-3-11-34-24)33-32(40)29(37)14-26(43-33)19-35-16-21-12-23(18-35)28-9-5-10-30(38)36(28)17-21/h2-11,13-14,21,23,27,40H,12,15-20H2,1H3/t21-,23+,27+/m1/s1. The third kappa shape index (κ3) is 6.24. The van der Waals surface area contributed by atoms with Gasteiger partial charge in [0, 0.05) is 49.6 Å². The van der Waals surface area contributed by atoms with Gasteiger partial charge in [-0.2, -0.15) is 0 Å². The van der Waals surface area contributed by atoms with Crippen molar-refractivity contribution in [3.05, 3.63) is 122 Å². The molecule has 222 valence electrons. The number of aromatic hydroxyl groups is 1. The lowest BCUT2D eigenvalue weighted by Crippen LogP contribution is -2.46. The van der Waals surface area contributed by atoms with Gasteiger partial charge in [0.05, 0.1) is 31.7 Å². The highest BCUT2D eigenvalue weighted by Gasteiger charge is 2.35. The van der Waals surface area contributed by atoms with E-state index in [-0.39, 0.29) is 30.3 Å². The number of likely N-dealkylation sites (tertiary alicyclic amines) is 1. The highest BCUT2D eigenvalue weighted by molar-refractivity contribution is 5.71. The number of nitrogens with zero attached hydrogens (tertiary/aromatic N) is 3. The van der Waals surface area contributed by atoms with Crippen LogP contribution in [0.5, 0.6) is 11.5 Å². The Hall–Kier alpha value is -4.70. The summed E-state index contributed by atoms with van der Waals surface area (Å²) in [5, 5.41) is 10.9. The predicted octanol–water partition coefficient (Wildman–Crippen LogP) is 3.80. The maximum atomic E-state index is 13.0. The number of carbonyl (C=O) groups excluding carboxylic acids is 1. The van der Waals surface area contributed by atoms with Gasteiger partial charge in [-0.25, -0.2) is 0 Å². The van der Waals surface area contributed by atoms with E-state index in [4.69, 9.17) is 13.9 Å². The molecule has 4 aromatic rings. The fourth-order valence-electron chi connectivity index (χ4n) is 6.29. The number of esters is 1. The molecule has 0 aliphatic carbocycles. The van der Waals surface area contributed by atoms with Gasteiger partial charge in [0.25, 0.3) is 5.56 Å². The van der Waals surface area contributed by atoms with E-state index in [0.717, 1.165) is 24.4 Å². The summed E-state index contributed by atoms with van der Waals surface area (Å²) in [6.45, 7) is 2.72. The number of pyridine rings is 2. The van der Waals surface area contributed by atoms with Gasteiger partial charge in [-0.1, -0.05) is 24.3 Å². The number of hydrogen-bond acceptors (Lipinski definition) is 9.